The number of amides is 1. The minimum absolute atomic E-state index is 0.391. The smallest absolute Gasteiger partial charge is 0.316 e. The fourth-order valence-corrected chi connectivity index (χ4v) is 1.82. The van der Waals surface area contributed by atoms with Crippen LogP contribution in [-0.4, -0.2) is 17.5 Å². The van der Waals surface area contributed by atoms with Crippen molar-refractivity contribution in [3.63, 3.8) is 0 Å². The Balaban J connectivity index is 2.88. The summed E-state index contributed by atoms with van der Waals surface area (Å²) in [5.41, 5.74) is 3.81. The van der Waals surface area contributed by atoms with Crippen molar-refractivity contribution >= 4 is 11.9 Å². The van der Waals surface area contributed by atoms with Crippen LogP contribution in [0.1, 0.15) is 34.1 Å². The van der Waals surface area contributed by atoms with Gasteiger partial charge >= 0.3 is 5.97 Å². The zero-order chi connectivity index (χ0) is 12.6. The van der Waals surface area contributed by atoms with Gasteiger partial charge in [-0.3, -0.25) is 9.59 Å². The van der Waals surface area contributed by atoms with Gasteiger partial charge < -0.3 is 10.5 Å². The third kappa shape index (κ3) is 2.43. The van der Waals surface area contributed by atoms with Crippen LogP contribution < -0.4 is 5.73 Å². The Labute approximate surface area is 95.8 Å². The molecule has 0 unspecified atom stereocenters. The second-order valence-electron chi connectivity index (χ2n) is 5.38. The lowest BCUT2D eigenvalue weighted by atomic mass is 9.79. The standard InChI is InChI=1S/C12H19NO3/c1-11(2,3)16-10(15)12(4)7-5-6-8(12)9(13)14/h5,7-8H,6H2,1-4H3,(H2,13,14)/t8-,12+/m0/s1. The lowest BCUT2D eigenvalue weighted by molar-refractivity contribution is -0.167. The predicted molar refractivity (Wildman–Crippen MR) is 60.4 cm³/mol. The summed E-state index contributed by atoms with van der Waals surface area (Å²) in [6.07, 6.45) is 4.03. The van der Waals surface area contributed by atoms with E-state index in [1.165, 1.54) is 0 Å². The number of hydrogen-bond donors (Lipinski definition) is 1. The van der Waals surface area contributed by atoms with E-state index in [0.717, 1.165) is 0 Å². The Hall–Kier alpha value is -1.32. The Morgan fingerprint density at radius 2 is 2.00 bits per heavy atom. The van der Waals surface area contributed by atoms with Gasteiger partial charge in [-0.1, -0.05) is 12.2 Å². The lowest BCUT2D eigenvalue weighted by Gasteiger charge is -2.30. The van der Waals surface area contributed by atoms with Gasteiger partial charge in [0.2, 0.25) is 5.91 Å². The molecule has 0 aromatic heterocycles. The van der Waals surface area contributed by atoms with E-state index in [-0.39, 0.29) is 0 Å². The lowest BCUT2D eigenvalue weighted by Crippen LogP contribution is -2.42. The summed E-state index contributed by atoms with van der Waals surface area (Å²) < 4.78 is 5.31. The maximum absolute atomic E-state index is 12.0. The zero-order valence-corrected chi connectivity index (χ0v) is 10.2. The Bertz CT molecular complexity index is 341. The molecule has 4 heteroatoms. The maximum Gasteiger partial charge on any atom is 0.316 e. The summed E-state index contributed by atoms with van der Waals surface area (Å²) in [5, 5.41) is 0. The van der Waals surface area contributed by atoms with Crippen LogP contribution in [0.2, 0.25) is 0 Å². The first-order valence-corrected chi connectivity index (χ1v) is 5.37. The second-order valence-corrected chi connectivity index (χ2v) is 5.38. The number of esters is 1. The van der Waals surface area contributed by atoms with Crippen molar-refractivity contribution in [3.05, 3.63) is 12.2 Å². The van der Waals surface area contributed by atoms with Crippen molar-refractivity contribution in [2.45, 2.75) is 39.7 Å². The number of ether oxygens (including phenoxy) is 1. The Morgan fingerprint density at radius 1 is 1.44 bits per heavy atom. The number of allylic oxidation sites excluding steroid dienone is 1. The van der Waals surface area contributed by atoms with E-state index in [9.17, 15) is 9.59 Å². The molecule has 1 aliphatic carbocycles. The summed E-state index contributed by atoms with van der Waals surface area (Å²) in [6.45, 7) is 7.09. The predicted octanol–water partition coefficient (Wildman–Crippen LogP) is 1.40. The molecule has 2 atom stereocenters. The summed E-state index contributed by atoms with van der Waals surface area (Å²) >= 11 is 0. The highest BCUT2D eigenvalue weighted by atomic mass is 16.6. The van der Waals surface area contributed by atoms with E-state index < -0.39 is 28.8 Å². The van der Waals surface area contributed by atoms with Crippen molar-refractivity contribution in [1.29, 1.82) is 0 Å². The largest absolute Gasteiger partial charge is 0.459 e. The van der Waals surface area contributed by atoms with Gasteiger partial charge in [0.25, 0.3) is 0 Å². The van der Waals surface area contributed by atoms with E-state index in [0.29, 0.717) is 6.42 Å². The fourth-order valence-electron chi connectivity index (χ4n) is 1.82. The molecular weight excluding hydrogens is 206 g/mol. The molecule has 0 bridgehead atoms. The van der Waals surface area contributed by atoms with E-state index in [4.69, 9.17) is 10.5 Å². The molecular formula is C12H19NO3. The number of hydrogen-bond acceptors (Lipinski definition) is 3. The zero-order valence-electron chi connectivity index (χ0n) is 10.2. The highest BCUT2D eigenvalue weighted by Gasteiger charge is 2.47. The molecule has 1 rings (SSSR count). The van der Waals surface area contributed by atoms with Gasteiger partial charge in [0.1, 0.15) is 5.60 Å². The molecule has 0 radical (unpaired) electrons. The molecule has 4 nitrogen and oxygen atoms in total. The molecule has 90 valence electrons. The average Bonchev–Trinajstić information content (AvgIpc) is 2.45. The molecule has 0 fully saturated rings. The molecule has 0 saturated carbocycles. The summed E-state index contributed by atoms with van der Waals surface area (Å²) in [4.78, 5) is 23.3. The van der Waals surface area contributed by atoms with Crippen LogP contribution in [0.15, 0.2) is 12.2 Å². The minimum atomic E-state index is -0.918. The average molecular weight is 225 g/mol. The van der Waals surface area contributed by atoms with Crippen molar-refractivity contribution < 1.29 is 14.3 Å². The van der Waals surface area contributed by atoms with Crippen LogP contribution in [-0.2, 0) is 14.3 Å². The monoisotopic (exact) mass is 225 g/mol. The van der Waals surface area contributed by atoms with Crippen molar-refractivity contribution in [2.75, 3.05) is 0 Å². The van der Waals surface area contributed by atoms with Crippen LogP contribution >= 0.6 is 0 Å². The molecule has 2 N–H and O–H groups in total. The first-order chi connectivity index (χ1) is 7.17. The number of primary amides is 1. The van der Waals surface area contributed by atoms with Gasteiger partial charge in [-0.15, -0.1) is 0 Å². The van der Waals surface area contributed by atoms with Crippen LogP contribution in [0.25, 0.3) is 0 Å². The van der Waals surface area contributed by atoms with Gasteiger partial charge in [-0.2, -0.15) is 0 Å². The van der Waals surface area contributed by atoms with Crippen LogP contribution in [0.5, 0.6) is 0 Å². The summed E-state index contributed by atoms with van der Waals surface area (Å²) in [5.74, 6) is -1.35. The van der Waals surface area contributed by atoms with Gasteiger partial charge in [-0.25, -0.2) is 0 Å². The van der Waals surface area contributed by atoms with Gasteiger partial charge in [-0.05, 0) is 34.1 Å². The molecule has 0 heterocycles. The molecule has 1 amide bonds. The normalized spacial score (nSPS) is 29.1. The Kier molecular flexibility index (Phi) is 3.13. The minimum Gasteiger partial charge on any atom is -0.459 e. The second kappa shape index (κ2) is 3.92. The number of carbonyl (C=O) groups is 2. The molecule has 0 aromatic carbocycles. The third-order valence-electron chi connectivity index (χ3n) is 2.74. The topological polar surface area (TPSA) is 69.4 Å². The summed E-state index contributed by atoms with van der Waals surface area (Å²) in [6, 6.07) is 0. The van der Waals surface area contributed by atoms with Gasteiger partial charge in [0.05, 0.1) is 11.3 Å². The molecule has 0 saturated heterocycles. The summed E-state index contributed by atoms with van der Waals surface area (Å²) in [7, 11) is 0. The quantitative estimate of drug-likeness (QED) is 0.570. The van der Waals surface area contributed by atoms with Crippen molar-refractivity contribution in [1.82, 2.24) is 0 Å². The number of carbonyl (C=O) groups excluding carboxylic acids is 2. The van der Waals surface area contributed by atoms with Crippen LogP contribution in [0.4, 0.5) is 0 Å². The molecule has 1 aliphatic rings. The first-order valence-electron chi connectivity index (χ1n) is 5.37. The molecule has 0 spiro atoms. The van der Waals surface area contributed by atoms with E-state index >= 15 is 0 Å². The number of rotatable bonds is 2. The van der Waals surface area contributed by atoms with E-state index in [1.54, 1.807) is 39.8 Å². The first kappa shape index (κ1) is 12.7. The number of nitrogens with two attached hydrogens (primary N) is 1. The fraction of sp³-hybridized carbons (Fsp3) is 0.667. The van der Waals surface area contributed by atoms with E-state index in [1.807, 2.05) is 0 Å². The maximum atomic E-state index is 12.0. The van der Waals surface area contributed by atoms with Gasteiger partial charge in [0, 0.05) is 0 Å². The van der Waals surface area contributed by atoms with Crippen molar-refractivity contribution in [3.8, 4) is 0 Å². The highest BCUT2D eigenvalue weighted by molar-refractivity contribution is 5.89. The van der Waals surface area contributed by atoms with Gasteiger partial charge in [0.15, 0.2) is 0 Å². The van der Waals surface area contributed by atoms with Crippen molar-refractivity contribution in [2.24, 2.45) is 17.1 Å². The Morgan fingerprint density at radius 3 is 2.44 bits per heavy atom. The SMILES string of the molecule is CC(C)(C)OC(=O)[C@]1(C)C=CC[C@H]1C(N)=O. The van der Waals surface area contributed by atoms with E-state index in [2.05, 4.69) is 0 Å². The molecule has 0 aliphatic heterocycles. The third-order valence-corrected chi connectivity index (χ3v) is 2.74. The molecule has 0 aromatic rings. The van der Waals surface area contributed by atoms with Crippen LogP contribution in [0, 0.1) is 11.3 Å². The van der Waals surface area contributed by atoms with Crippen LogP contribution in [0.3, 0.4) is 0 Å². The highest BCUT2D eigenvalue weighted by Crippen LogP contribution is 2.39. The molecule has 16 heavy (non-hydrogen) atoms.